The fraction of sp³-hybridized carbons (Fsp3) is 0.333. The Morgan fingerprint density at radius 1 is 0.822 bits per heavy atom. The van der Waals surface area contributed by atoms with Crippen LogP contribution in [0.4, 0.5) is 0 Å². The quantitative estimate of drug-likeness (QED) is 0.248. The van der Waals surface area contributed by atoms with Crippen molar-refractivity contribution in [3.63, 3.8) is 0 Å². The first-order chi connectivity index (χ1) is 21.9. The van der Waals surface area contributed by atoms with Crippen LogP contribution in [0.1, 0.15) is 36.0 Å². The van der Waals surface area contributed by atoms with Gasteiger partial charge in [-0.3, -0.25) is 14.4 Å². The zero-order chi connectivity index (χ0) is 31.9. The molecule has 0 spiro atoms. The first-order valence-corrected chi connectivity index (χ1v) is 15.2. The zero-order valence-electron chi connectivity index (χ0n) is 25.3. The molecule has 1 aliphatic rings. The van der Waals surface area contributed by atoms with Crippen molar-refractivity contribution in [2.75, 3.05) is 19.8 Å². The average molecular weight is 613 g/mol. The second-order valence-corrected chi connectivity index (χ2v) is 11.0. The number of hydrogen-bond acceptors (Lipinski definition) is 7. The average Bonchev–Trinajstić information content (AvgIpc) is 3.06. The molecule has 3 aromatic rings. The zero-order valence-corrected chi connectivity index (χ0v) is 25.3. The summed E-state index contributed by atoms with van der Waals surface area (Å²) in [5, 5.41) is 12.3. The summed E-state index contributed by atoms with van der Waals surface area (Å²) in [6.45, 7) is -0.242. The number of aliphatic hydroxyl groups excluding tert-OH is 1. The summed E-state index contributed by atoms with van der Waals surface area (Å²) in [6.07, 6.45) is 4.51. The fourth-order valence-corrected chi connectivity index (χ4v) is 5.09. The van der Waals surface area contributed by atoms with Gasteiger partial charge in [0, 0.05) is 19.5 Å². The number of carbonyl (C=O) groups is 4. The molecule has 0 saturated heterocycles. The van der Waals surface area contributed by atoms with Crippen LogP contribution in [-0.4, -0.2) is 59.6 Å². The number of nitrogens with one attached hydrogen (secondary N) is 1. The Morgan fingerprint density at radius 3 is 2.02 bits per heavy atom. The predicted octanol–water partition coefficient (Wildman–Crippen LogP) is 3.99. The third-order valence-electron chi connectivity index (χ3n) is 7.61. The highest BCUT2D eigenvalue weighted by atomic mass is 16.6. The fourth-order valence-electron chi connectivity index (χ4n) is 5.09. The lowest BCUT2D eigenvalue weighted by Crippen LogP contribution is -2.48. The molecule has 9 nitrogen and oxygen atoms in total. The highest BCUT2D eigenvalue weighted by molar-refractivity contribution is 5.89. The molecule has 1 aliphatic heterocycles. The van der Waals surface area contributed by atoms with Crippen LogP contribution in [0.15, 0.2) is 103 Å². The Balaban J connectivity index is 1.53. The second-order valence-electron chi connectivity index (χ2n) is 11.0. The molecule has 9 heteroatoms. The number of cyclic esters (lactones) is 1. The van der Waals surface area contributed by atoms with Crippen molar-refractivity contribution in [2.45, 2.75) is 44.9 Å². The Kier molecular flexibility index (Phi) is 12.9. The molecule has 3 atom stereocenters. The largest absolute Gasteiger partial charge is 0.463 e. The summed E-state index contributed by atoms with van der Waals surface area (Å²) in [5.74, 6) is -3.38. The van der Waals surface area contributed by atoms with Crippen LogP contribution in [0.5, 0.6) is 0 Å². The molecular formula is C36H40N2O7. The Hall–Kier alpha value is -4.76. The molecule has 0 saturated carbocycles. The van der Waals surface area contributed by atoms with Crippen molar-refractivity contribution in [1.29, 1.82) is 0 Å². The van der Waals surface area contributed by atoms with E-state index in [2.05, 4.69) is 5.32 Å². The summed E-state index contributed by atoms with van der Waals surface area (Å²) in [5.41, 5.74) is 2.63. The minimum atomic E-state index is -1.26. The third kappa shape index (κ3) is 10.7. The van der Waals surface area contributed by atoms with Gasteiger partial charge < -0.3 is 24.8 Å². The van der Waals surface area contributed by atoms with Crippen LogP contribution in [0.25, 0.3) is 0 Å². The van der Waals surface area contributed by atoms with Gasteiger partial charge in [0.05, 0.1) is 18.4 Å². The summed E-state index contributed by atoms with van der Waals surface area (Å²) < 4.78 is 11.1. The SMILES string of the molecule is O=C1NC(C(=O)OCc2ccccc2)COC(=O)C(Cc2ccccc2)CC=CCC1CC(=O)N(CCO)Cc1ccccc1. The van der Waals surface area contributed by atoms with E-state index in [0.717, 1.165) is 16.7 Å². The summed E-state index contributed by atoms with van der Waals surface area (Å²) >= 11 is 0. The topological polar surface area (TPSA) is 122 Å². The van der Waals surface area contributed by atoms with E-state index in [-0.39, 0.29) is 45.1 Å². The number of esters is 2. The number of aliphatic hydroxyl groups is 1. The lowest BCUT2D eigenvalue weighted by atomic mass is 9.94. The molecule has 3 unspecified atom stereocenters. The van der Waals surface area contributed by atoms with Crippen LogP contribution in [0.2, 0.25) is 0 Å². The lowest BCUT2D eigenvalue weighted by molar-refractivity contribution is -0.157. The maximum atomic E-state index is 13.6. The van der Waals surface area contributed by atoms with E-state index in [4.69, 9.17) is 9.47 Å². The number of carbonyl (C=O) groups excluding carboxylic acids is 4. The molecule has 0 fully saturated rings. The molecule has 2 N–H and O–H groups in total. The van der Waals surface area contributed by atoms with E-state index >= 15 is 0 Å². The normalized spacial score (nSPS) is 18.9. The third-order valence-corrected chi connectivity index (χ3v) is 7.61. The van der Waals surface area contributed by atoms with Gasteiger partial charge in [-0.25, -0.2) is 4.79 Å². The molecule has 0 aliphatic carbocycles. The van der Waals surface area contributed by atoms with E-state index in [9.17, 15) is 24.3 Å². The highest BCUT2D eigenvalue weighted by Gasteiger charge is 2.31. The summed E-state index contributed by atoms with van der Waals surface area (Å²) in [6, 6.07) is 26.8. The van der Waals surface area contributed by atoms with Crippen molar-refractivity contribution < 1.29 is 33.8 Å². The molecule has 1 heterocycles. The monoisotopic (exact) mass is 612 g/mol. The summed E-state index contributed by atoms with van der Waals surface area (Å²) in [7, 11) is 0. The Bertz CT molecular complexity index is 1410. The Labute approximate surface area is 263 Å². The van der Waals surface area contributed by atoms with Gasteiger partial charge in [-0.05, 0) is 36.0 Å². The predicted molar refractivity (Wildman–Crippen MR) is 168 cm³/mol. The molecule has 45 heavy (non-hydrogen) atoms. The van der Waals surface area contributed by atoms with E-state index in [1.165, 1.54) is 4.90 Å². The van der Waals surface area contributed by atoms with E-state index < -0.39 is 42.3 Å². The van der Waals surface area contributed by atoms with Crippen LogP contribution >= 0.6 is 0 Å². The van der Waals surface area contributed by atoms with Gasteiger partial charge in [-0.2, -0.15) is 0 Å². The van der Waals surface area contributed by atoms with Gasteiger partial charge in [0.25, 0.3) is 0 Å². The van der Waals surface area contributed by atoms with Gasteiger partial charge >= 0.3 is 11.9 Å². The number of ether oxygens (including phenoxy) is 2. The minimum Gasteiger partial charge on any atom is -0.463 e. The molecule has 0 bridgehead atoms. The number of amides is 2. The number of rotatable bonds is 11. The van der Waals surface area contributed by atoms with E-state index in [1.807, 2.05) is 97.1 Å². The van der Waals surface area contributed by atoms with E-state index in [0.29, 0.717) is 12.8 Å². The maximum absolute atomic E-state index is 13.6. The maximum Gasteiger partial charge on any atom is 0.332 e. The Morgan fingerprint density at radius 2 is 1.40 bits per heavy atom. The summed E-state index contributed by atoms with van der Waals surface area (Å²) in [4.78, 5) is 54.9. The molecule has 2 amide bonds. The highest BCUT2D eigenvalue weighted by Crippen LogP contribution is 2.20. The first-order valence-electron chi connectivity index (χ1n) is 15.2. The van der Waals surface area contributed by atoms with Gasteiger partial charge in [-0.15, -0.1) is 0 Å². The molecular weight excluding hydrogens is 572 g/mol. The van der Waals surface area contributed by atoms with Gasteiger partial charge in [0.1, 0.15) is 13.2 Å². The lowest BCUT2D eigenvalue weighted by Gasteiger charge is -2.26. The van der Waals surface area contributed by atoms with Gasteiger partial charge in [-0.1, -0.05) is 103 Å². The number of hydrogen-bond donors (Lipinski definition) is 2. The van der Waals surface area contributed by atoms with Gasteiger partial charge in [0.2, 0.25) is 11.8 Å². The first kappa shape index (κ1) is 33.1. The van der Waals surface area contributed by atoms with Crippen molar-refractivity contribution >= 4 is 23.8 Å². The van der Waals surface area contributed by atoms with Crippen LogP contribution in [0.3, 0.4) is 0 Å². The van der Waals surface area contributed by atoms with Crippen molar-refractivity contribution in [1.82, 2.24) is 10.2 Å². The van der Waals surface area contributed by atoms with Crippen LogP contribution in [0, 0.1) is 11.8 Å². The van der Waals surface area contributed by atoms with Gasteiger partial charge in [0.15, 0.2) is 6.04 Å². The van der Waals surface area contributed by atoms with E-state index in [1.54, 1.807) is 6.08 Å². The van der Waals surface area contributed by atoms with Crippen LogP contribution < -0.4 is 5.32 Å². The molecule has 0 aromatic heterocycles. The van der Waals surface area contributed by atoms with Crippen LogP contribution in [-0.2, 0) is 48.2 Å². The molecule has 3 aromatic carbocycles. The number of benzene rings is 3. The molecule has 236 valence electrons. The number of allylic oxidation sites excluding steroid dienone is 2. The van der Waals surface area contributed by atoms with Crippen molar-refractivity contribution in [3.8, 4) is 0 Å². The second kappa shape index (κ2) is 17.5. The number of nitrogens with zero attached hydrogens (tertiary/aromatic N) is 1. The van der Waals surface area contributed by atoms with Crippen molar-refractivity contribution in [2.24, 2.45) is 11.8 Å². The molecule has 0 radical (unpaired) electrons. The smallest absolute Gasteiger partial charge is 0.332 e. The standard InChI is InChI=1S/C36H40N2O7/c39-21-20-38(24-28-14-6-2-7-15-28)33(40)23-30-18-10-11-19-31(22-27-12-4-1-5-13-27)35(42)45-26-32(37-34(30)41)36(43)44-25-29-16-8-3-9-17-29/h1-17,30-32,39H,18-26H2,(H,37,41). The molecule has 4 rings (SSSR count). The van der Waals surface area contributed by atoms with Crippen molar-refractivity contribution in [3.05, 3.63) is 120 Å². The minimum absolute atomic E-state index is 0.0170.